The summed E-state index contributed by atoms with van der Waals surface area (Å²) in [5.41, 5.74) is 7.17. The van der Waals surface area contributed by atoms with E-state index in [0.29, 0.717) is 103 Å². The van der Waals surface area contributed by atoms with Gasteiger partial charge in [0.2, 0.25) is 0 Å². The van der Waals surface area contributed by atoms with Gasteiger partial charge in [0.1, 0.15) is 6.17 Å². The van der Waals surface area contributed by atoms with E-state index in [-0.39, 0.29) is 19.1 Å². The number of rotatable bonds is 8. The maximum absolute atomic E-state index is 15.1. The zero-order valence-electron chi connectivity index (χ0n) is 84.3. The van der Waals surface area contributed by atoms with Crippen LogP contribution in [0.4, 0.5) is 4.39 Å². The lowest BCUT2D eigenvalue weighted by Gasteiger charge is -2.61. The molecule has 0 radical (unpaired) electrons. The molecule has 0 heterocycles. The third kappa shape index (κ3) is 17.4. The minimum Gasteiger partial charge on any atom is -0.392 e. The largest absolute Gasteiger partial charge is 0.392 e. The standard InChI is InChI=1S/C24H39BrO.C24H40O2.C24H40O.C23H38O2.C22H35FO/c2*1-15(14-25)19-6-7-20-18-12-22(2,3)21-13-23(4,26)10-8-17(21)16(18)9-11-24(19,20)5;1-15(2)19-7-8-20-18-13-22(3,4)21-14-23(5,25)11-9-17(21)16(18)10-12-24(19,20)6;1-14-11-18-16(17-7-9-22(3,25)12-19(14)17)8-10-23(4)20(15(2)13-24)5-6-21(18)23;1-13(2)18-5-6-19-16-11-20(23)17-12-21(3,24)9-7-15(17)14(16)8-10-22(18,19)4/h16-21,26H,1,6-14H2,2-5H3;16-21,25-26H,1,6-14H2,2-5H3;16-21,25H,1,7-14H2,2-6H3;14,16-21,24-25H,2,5-13H2,1,3-4H3;14-20,24H,1,5-12H2,2-4H3/t3*16-,17-,18-,19-,20+,21+,23+,24-;14-,16-,17-,18-,19-,20-,21+,22+,23-;14-,15-,16-,17+,18-,19+,20-,21+,22-/m11111/s1. The average molecular weight is 1810 g/mol. The monoisotopic (exact) mass is 1810 g/mol. The molecule has 0 aromatic carbocycles. The molecule has 0 aromatic heterocycles. The third-order valence-corrected chi connectivity index (χ3v) is 47.9. The zero-order chi connectivity index (χ0) is 91.3. The van der Waals surface area contributed by atoms with Crippen LogP contribution < -0.4 is 0 Å². The molecule has 20 aliphatic carbocycles. The first-order chi connectivity index (χ1) is 58.7. The number of alkyl halides is 2. The van der Waals surface area contributed by atoms with Crippen LogP contribution in [0, 0.1) is 227 Å². The summed E-state index contributed by atoms with van der Waals surface area (Å²) in [5.74, 6) is 23.3. The summed E-state index contributed by atoms with van der Waals surface area (Å²) in [7, 11) is 0. The first-order valence-corrected chi connectivity index (χ1v) is 55.2. The van der Waals surface area contributed by atoms with Crippen molar-refractivity contribution in [2.24, 2.45) is 227 Å². The van der Waals surface area contributed by atoms with Gasteiger partial charge in [-0.25, -0.2) is 4.39 Å². The minimum atomic E-state index is -0.700. The average Bonchev–Trinajstić information content (AvgIpc) is 1.33. The number of halogens is 2. The van der Waals surface area contributed by atoms with Crippen LogP contribution in [0.3, 0.4) is 0 Å². The van der Waals surface area contributed by atoms with Gasteiger partial charge in [0.15, 0.2) is 0 Å². The van der Waals surface area contributed by atoms with Crippen molar-refractivity contribution in [3.05, 3.63) is 60.8 Å². The van der Waals surface area contributed by atoms with Crippen molar-refractivity contribution >= 4 is 15.9 Å². The highest BCUT2D eigenvalue weighted by molar-refractivity contribution is 9.09. The van der Waals surface area contributed by atoms with E-state index in [9.17, 15) is 35.7 Å². The van der Waals surface area contributed by atoms with Crippen LogP contribution >= 0.6 is 15.9 Å². The Morgan fingerprint density at radius 2 is 0.508 bits per heavy atom. The van der Waals surface area contributed by atoms with Gasteiger partial charge >= 0.3 is 0 Å². The summed E-state index contributed by atoms with van der Waals surface area (Å²) in [4.78, 5) is 0. The smallest absolute Gasteiger partial charge is 0.104 e. The van der Waals surface area contributed by atoms with E-state index >= 15 is 4.39 Å². The molecule has 0 bridgehead atoms. The highest BCUT2D eigenvalue weighted by atomic mass is 79.9. The highest BCUT2D eigenvalue weighted by Gasteiger charge is 2.68. The topological polar surface area (TPSA) is 142 Å². The van der Waals surface area contributed by atoms with Gasteiger partial charge in [0.25, 0.3) is 0 Å². The van der Waals surface area contributed by atoms with Crippen molar-refractivity contribution in [3.63, 3.8) is 0 Å². The van der Waals surface area contributed by atoms with Crippen LogP contribution in [0.5, 0.6) is 0 Å². The van der Waals surface area contributed by atoms with Crippen LogP contribution in [0.15, 0.2) is 60.8 Å². The molecular weight excluding hydrogens is 1620 g/mol. The summed E-state index contributed by atoms with van der Waals surface area (Å²) >= 11 is 3.69. The Hall–Kier alpha value is -1.17. The lowest BCUT2D eigenvalue weighted by molar-refractivity contribution is -0.144. The molecule has 9 heteroatoms. The first-order valence-electron chi connectivity index (χ1n) is 54.1. The Morgan fingerprint density at radius 3 is 0.817 bits per heavy atom. The fraction of sp³-hybridized carbons (Fsp3) is 0.915. The number of hydrogen-bond acceptors (Lipinski definition) is 7. The van der Waals surface area contributed by atoms with Crippen molar-refractivity contribution in [2.75, 3.05) is 18.5 Å². The fourth-order valence-electron chi connectivity index (χ4n) is 41.4. The Kier molecular flexibility index (Phi) is 27.2. The van der Waals surface area contributed by atoms with Crippen molar-refractivity contribution in [2.45, 2.75) is 423 Å². The molecule has 0 unspecified atom stereocenters. The minimum absolute atomic E-state index is 0.109. The van der Waals surface area contributed by atoms with Gasteiger partial charge in [-0.3, -0.25) is 0 Å². The third-order valence-electron chi connectivity index (χ3n) is 47.2. The summed E-state index contributed by atoms with van der Waals surface area (Å²) in [5, 5.41) is 73.6. The van der Waals surface area contributed by atoms with Gasteiger partial charge in [-0.15, -0.1) is 0 Å². The molecule has 0 aromatic rings. The van der Waals surface area contributed by atoms with Gasteiger partial charge < -0.3 is 35.7 Å². The second-order valence-electron chi connectivity index (χ2n) is 55.9. The van der Waals surface area contributed by atoms with Gasteiger partial charge in [0, 0.05) is 5.33 Å². The number of aliphatic hydroxyl groups is 7. The predicted octanol–water partition coefficient (Wildman–Crippen LogP) is 28.3. The highest BCUT2D eigenvalue weighted by Crippen LogP contribution is 2.75. The van der Waals surface area contributed by atoms with Crippen LogP contribution in [0.2, 0.25) is 0 Å². The Morgan fingerprint density at radius 1 is 0.270 bits per heavy atom. The summed E-state index contributed by atoms with van der Waals surface area (Å²) < 4.78 is 15.1. The van der Waals surface area contributed by atoms with Crippen molar-refractivity contribution < 1.29 is 40.1 Å². The molecule has 0 saturated heterocycles. The molecule has 7 N–H and O–H groups in total. The Labute approximate surface area is 779 Å². The van der Waals surface area contributed by atoms with Gasteiger partial charge in [-0.1, -0.05) is 149 Å². The maximum atomic E-state index is 15.1. The second-order valence-corrected chi connectivity index (χ2v) is 56.4. The van der Waals surface area contributed by atoms with Gasteiger partial charge in [0.05, 0.1) is 41.2 Å². The molecular formula is C117H192BrFO7. The lowest BCUT2D eigenvalue weighted by Crippen LogP contribution is -2.55. The maximum Gasteiger partial charge on any atom is 0.104 e. The predicted molar refractivity (Wildman–Crippen MR) is 523 cm³/mol. The van der Waals surface area contributed by atoms with E-state index in [1.54, 1.807) is 0 Å². The van der Waals surface area contributed by atoms with Gasteiger partial charge in [-0.05, 0) is 543 Å². The lowest BCUT2D eigenvalue weighted by atomic mass is 9.44. The van der Waals surface area contributed by atoms with E-state index in [4.69, 9.17) is 0 Å². The molecule has 0 amide bonds. The summed E-state index contributed by atoms with van der Waals surface area (Å²) in [6.45, 7) is 66.7. The molecule has 126 heavy (non-hydrogen) atoms. The molecule has 42 atom stereocenters. The Balaban J connectivity index is 0.000000116. The molecule has 20 aliphatic rings. The first kappa shape index (κ1) is 97.9. The van der Waals surface area contributed by atoms with E-state index in [1.165, 1.54) is 197 Å². The quantitative estimate of drug-likeness (QED) is 0.0948. The van der Waals surface area contributed by atoms with Gasteiger partial charge in [-0.2, -0.15) is 0 Å². The van der Waals surface area contributed by atoms with Crippen molar-refractivity contribution in [3.8, 4) is 0 Å². The number of hydrogen-bond donors (Lipinski definition) is 7. The van der Waals surface area contributed by atoms with Crippen LogP contribution in [0.25, 0.3) is 0 Å². The summed E-state index contributed by atoms with van der Waals surface area (Å²) in [6, 6.07) is 0. The fourth-order valence-corrected chi connectivity index (χ4v) is 41.8. The zero-order valence-corrected chi connectivity index (χ0v) is 85.9. The second kappa shape index (κ2) is 35.1. The van der Waals surface area contributed by atoms with E-state index in [0.717, 1.165) is 211 Å². The molecule has 0 aliphatic heterocycles. The molecule has 20 rings (SSSR count). The molecule has 20 saturated carbocycles. The van der Waals surface area contributed by atoms with E-state index < -0.39 is 34.2 Å². The van der Waals surface area contributed by atoms with E-state index in [2.05, 4.69) is 173 Å². The van der Waals surface area contributed by atoms with Crippen molar-refractivity contribution in [1.82, 2.24) is 0 Å². The Bertz CT molecular complexity index is 3830. The summed E-state index contributed by atoms with van der Waals surface area (Å²) in [6.07, 6.45) is 48.0. The normalized spacial score (nSPS) is 54.3. The molecule has 0 spiro atoms. The molecule has 716 valence electrons. The van der Waals surface area contributed by atoms with Crippen molar-refractivity contribution in [1.29, 1.82) is 0 Å². The number of fused-ring (bicyclic) bond motifs is 25. The molecule has 20 fully saturated rings. The molecule has 7 nitrogen and oxygen atoms in total. The van der Waals surface area contributed by atoms with Crippen LogP contribution in [-0.4, -0.2) is 88.5 Å². The van der Waals surface area contributed by atoms with Crippen LogP contribution in [-0.2, 0) is 0 Å². The van der Waals surface area contributed by atoms with E-state index in [1.807, 2.05) is 6.92 Å². The van der Waals surface area contributed by atoms with Crippen LogP contribution in [0.1, 0.15) is 388 Å². The SMILES string of the molecule is C=C(C)[C@H]1CC[C@H]2[C@@H]3CC(C)(C)[C@H]4C[C@@](C)(O)CC[C@@H]4[C@H]3CC[C@]12C.C=C(C)[C@H]1CC[C@H]2[C@@H]3C[C@@H](F)[C@H]4C[C@@](C)(O)CC[C@@H]4[C@H]3CC[C@]12C.C=C(CBr)[C@H]1CC[C@H]2[C@@H]3CC(C)(C)[C@H]4C[C@@](C)(O)CC[C@@H]4[C@H]3CC[C@]12C.C=C(CO)[C@H]1CC[C@H]2[C@@H]3CC(C)(C)[C@H]4C[C@@](C)(O)CC[C@@H]4[C@H]3CC[C@]12C.C=C(CO)[C@H]1CC[C@H]2[C@@H]3C[C@@H](C)[C@H]4C[C@@](C)(O)CC[C@@H]4[C@H]3CC[C@]12C. The number of allylic oxidation sites excluding steroid dienone is 3. The number of aliphatic hydroxyl groups excluding tert-OH is 2.